The molecule has 5 nitrogen and oxygen atoms in total. The average molecular weight is 183 g/mol. The molecule has 0 saturated heterocycles. The van der Waals surface area contributed by atoms with Gasteiger partial charge in [-0.25, -0.2) is 0 Å². The van der Waals surface area contributed by atoms with E-state index in [1.807, 2.05) is 0 Å². The Kier molecular flexibility index (Phi) is 2.79. The normalized spacial score (nSPS) is 9.92. The van der Waals surface area contributed by atoms with Gasteiger partial charge in [0.15, 0.2) is 11.5 Å². The Morgan fingerprint density at radius 3 is 2.69 bits per heavy atom. The summed E-state index contributed by atoms with van der Waals surface area (Å²) in [5.74, 6) is -1.29. The van der Waals surface area contributed by atoms with Crippen LogP contribution in [0.2, 0.25) is 0 Å². The summed E-state index contributed by atoms with van der Waals surface area (Å²) in [6, 6.07) is 0. The fourth-order valence-corrected chi connectivity index (χ4v) is 0.896. The van der Waals surface area contributed by atoms with E-state index in [1.54, 1.807) is 6.92 Å². The third-order valence-electron chi connectivity index (χ3n) is 1.58. The molecule has 0 unspecified atom stereocenters. The first-order valence-electron chi connectivity index (χ1n) is 3.77. The molecule has 5 heteroatoms. The standard InChI is InChI=1S/C8H9NO4/c1-5-4-13-9-8(5)6(10)2-3-7(11)12/h4H,2-3H2,1H3,(H,11,12). The highest BCUT2D eigenvalue weighted by atomic mass is 16.5. The molecule has 0 saturated carbocycles. The van der Waals surface area contributed by atoms with Crippen LogP contribution in [0.3, 0.4) is 0 Å². The van der Waals surface area contributed by atoms with E-state index in [9.17, 15) is 9.59 Å². The van der Waals surface area contributed by atoms with E-state index in [4.69, 9.17) is 5.11 Å². The second kappa shape index (κ2) is 3.84. The van der Waals surface area contributed by atoms with E-state index in [2.05, 4.69) is 9.68 Å². The molecule has 0 radical (unpaired) electrons. The summed E-state index contributed by atoms with van der Waals surface area (Å²) in [5, 5.41) is 11.8. The molecule has 0 atom stereocenters. The number of carboxylic acid groups (broad SMARTS) is 1. The van der Waals surface area contributed by atoms with Gasteiger partial charge in [-0.2, -0.15) is 0 Å². The summed E-state index contributed by atoms with van der Waals surface area (Å²) in [5.41, 5.74) is 0.858. The maximum Gasteiger partial charge on any atom is 0.303 e. The molecule has 0 bridgehead atoms. The molecule has 1 heterocycles. The number of nitrogens with zero attached hydrogens (tertiary/aromatic N) is 1. The molecular weight excluding hydrogens is 174 g/mol. The minimum atomic E-state index is -0.991. The summed E-state index contributed by atoms with van der Waals surface area (Å²) >= 11 is 0. The van der Waals surface area contributed by atoms with Gasteiger partial charge in [0, 0.05) is 12.0 Å². The van der Waals surface area contributed by atoms with Crippen LogP contribution in [0.25, 0.3) is 0 Å². The summed E-state index contributed by atoms with van der Waals surface area (Å²) in [7, 11) is 0. The summed E-state index contributed by atoms with van der Waals surface area (Å²) in [4.78, 5) is 21.4. The number of aliphatic carboxylic acids is 1. The third kappa shape index (κ3) is 2.40. The maximum atomic E-state index is 11.2. The van der Waals surface area contributed by atoms with Gasteiger partial charge < -0.3 is 9.63 Å². The number of Topliss-reactive ketones (excluding diaryl/α,β-unsaturated/α-hetero) is 1. The van der Waals surface area contributed by atoms with Gasteiger partial charge in [-0.05, 0) is 6.92 Å². The Hall–Kier alpha value is -1.65. The van der Waals surface area contributed by atoms with Gasteiger partial charge >= 0.3 is 5.97 Å². The molecule has 1 aromatic heterocycles. The minimum absolute atomic E-state index is 0.0390. The highest BCUT2D eigenvalue weighted by Crippen LogP contribution is 2.08. The van der Waals surface area contributed by atoms with Crippen LogP contribution < -0.4 is 0 Å². The largest absolute Gasteiger partial charge is 0.481 e. The second-order valence-corrected chi connectivity index (χ2v) is 2.66. The lowest BCUT2D eigenvalue weighted by Gasteiger charge is -1.93. The van der Waals surface area contributed by atoms with Crippen LogP contribution in [0.1, 0.15) is 28.9 Å². The predicted octanol–water partition coefficient (Wildman–Crippen LogP) is 1.03. The molecule has 0 aromatic carbocycles. The van der Waals surface area contributed by atoms with E-state index in [1.165, 1.54) is 6.26 Å². The first kappa shape index (κ1) is 9.44. The SMILES string of the molecule is Cc1conc1C(=O)CCC(=O)O. The van der Waals surface area contributed by atoms with Gasteiger partial charge in [0.1, 0.15) is 6.26 Å². The van der Waals surface area contributed by atoms with Gasteiger partial charge in [-0.3, -0.25) is 9.59 Å². The zero-order valence-corrected chi connectivity index (χ0v) is 7.11. The lowest BCUT2D eigenvalue weighted by Crippen LogP contribution is -2.05. The number of rotatable bonds is 4. The van der Waals surface area contributed by atoms with Crippen molar-refractivity contribution in [1.82, 2.24) is 5.16 Å². The fourth-order valence-electron chi connectivity index (χ4n) is 0.896. The Labute approximate surface area is 74.3 Å². The Morgan fingerprint density at radius 1 is 1.54 bits per heavy atom. The maximum absolute atomic E-state index is 11.2. The van der Waals surface area contributed by atoms with Crippen LogP contribution in [0, 0.1) is 6.92 Å². The smallest absolute Gasteiger partial charge is 0.303 e. The quantitative estimate of drug-likeness (QED) is 0.705. The number of hydrogen-bond donors (Lipinski definition) is 1. The van der Waals surface area contributed by atoms with E-state index < -0.39 is 5.97 Å². The van der Waals surface area contributed by atoms with Crippen molar-refractivity contribution in [2.24, 2.45) is 0 Å². The van der Waals surface area contributed by atoms with Crippen molar-refractivity contribution in [3.8, 4) is 0 Å². The van der Waals surface area contributed by atoms with Gasteiger partial charge in [0.25, 0.3) is 0 Å². The highest BCUT2D eigenvalue weighted by molar-refractivity contribution is 5.96. The number of carboxylic acids is 1. The summed E-state index contributed by atoms with van der Waals surface area (Å²) in [6.45, 7) is 1.69. The zero-order valence-electron chi connectivity index (χ0n) is 7.11. The Morgan fingerprint density at radius 2 is 2.23 bits per heavy atom. The van der Waals surface area contributed by atoms with Crippen LogP contribution in [0.15, 0.2) is 10.8 Å². The molecular formula is C8H9NO4. The zero-order chi connectivity index (χ0) is 9.84. The predicted molar refractivity (Wildman–Crippen MR) is 42.4 cm³/mol. The van der Waals surface area contributed by atoms with E-state index in [0.29, 0.717) is 5.56 Å². The molecule has 1 aromatic rings. The van der Waals surface area contributed by atoms with Crippen LogP contribution in [0.4, 0.5) is 0 Å². The van der Waals surface area contributed by atoms with Crippen molar-refractivity contribution >= 4 is 11.8 Å². The fraction of sp³-hybridized carbons (Fsp3) is 0.375. The first-order valence-corrected chi connectivity index (χ1v) is 3.77. The van der Waals surface area contributed by atoms with Crippen LogP contribution >= 0.6 is 0 Å². The van der Waals surface area contributed by atoms with Crippen LogP contribution in [-0.4, -0.2) is 22.0 Å². The minimum Gasteiger partial charge on any atom is -0.481 e. The topological polar surface area (TPSA) is 80.4 Å². The van der Waals surface area contributed by atoms with Crippen LogP contribution in [0.5, 0.6) is 0 Å². The average Bonchev–Trinajstić information content (AvgIpc) is 2.47. The van der Waals surface area contributed by atoms with Crippen molar-refractivity contribution in [2.75, 3.05) is 0 Å². The number of aromatic nitrogens is 1. The Bertz CT molecular complexity index is 329. The van der Waals surface area contributed by atoms with E-state index in [-0.39, 0.29) is 24.3 Å². The molecule has 0 aliphatic carbocycles. The first-order chi connectivity index (χ1) is 6.11. The van der Waals surface area contributed by atoms with E-state index >= 15 is 0 Å². The Balaban J connectivity index is 2.59. The van der Waals surface area contributed by atoms with E-state index in [0.717, 1.165) is 0 Å². The van der Waals surface area contributed by atoms with Crippen molar-refractivity contribution in [2.45, 2.75) is 19.8 Å². The lowest BCUT2D eigenvalue weighted by molar-refractivity contribution is -0.136. The van der Waals surface area contributed by atoms with Gasteiger partial charge in [0.2, 0.25) is 0 Å². The van der Waals surface area contributed by atoms with Gasteiger partial charge in [0.05, 0.1) is 6.42 Å². The molecule has 0 fully saturated rings. The third-order valence-corrected chi connectivity index (χ3v) is 1.58. The molecule has 0 spiro atoms. The van der Waals surface area contributed by atoms with Crippen molar-refractivity contribution in [1.29, 1.82) is 0 Å². The van der Waals surface area contributed by atoms with Gasteiger partial charge in [-0.1, -0.05) is 5.16 Å². The number of carbonyl (C=O) groups excluding carboxylic acids is 1. The second-order valence-electron chi connectivity index (χ2n) is 2.66. The molecule has 0 amide bonds. The number of aryl methyl sites for hydroxylation is 1. The molecule has 0 aliphatic rings. The van der Waals surface area contributed by atoms with Gasteiger partial charge in [-0.15, -0.1) is 0 Å². The summed E-state index contributed by atoms with van der Waals surface area (Å²) in [6.07, 6.45) is 1.14. The highest BCUT2D eigenvalue weighted by Gasteiger charge is 2.14. The number of ketones is 1. The molecule has 0 aliphatic heterocycles. The van der Waals surface area contributed by atoms with Crippen molar-refractivity contribution in [3.63, 3.8) is 0 Å². The summed E-state index contributed by atoms with van der Waals surface area (Å²) < 4.78 is 4.55. The molecule has 1 rings (SSSR count). The van der Waals surface area contributed by atoms with Crippen LogP contribution in [-0.2, 0) is 4.79 Å². The van der Waals surface area contributed by atoms with Crippen molar-refractivity contribution < 1.29 is 19.2 Å². The number of hydrogen-bond acceptors (Lipinski definition) is 4. The van der Waals surface area contributed by atoms with Crippen molar-refractivity contribution in [3.05, 3.63) is 17.5 Å². The molecule has 13 heavy (non-hydrogen) atoms. The monoisotopic (exact) mass is 183 g/mol. The number of carbonyl (C=O) groups is 2. The lowest BCUT2D eigenvalue weighted by atomic mass is 10.1. The molecule has 70 valence electrons. The molecule has 1 N–H and O–H groups in total.